The lowest BCUT2D eigenvalue weighted by Crippen LogP contribution is -2.45. The molecule has 4 nitrogen and oxygen atoms in total. The number of hydrogen-bond donors (Lipinski definition) is 0. The molecule has 0 aromatic heterocycles. The lowest BCUT2D eigenvalue weighted by molar-refractivity contribution is 0.0371. The highest BCUT2D eigenvalue weighted by molar-refractivity contribution is 7.71. The van der Waals surface area contributed by atoms with Crippen molar-refractivity contribution < 1.29 is 14.0 Å². The zero-order valence-electron chi connectivity index (χ0n) is 13.6. The van der Waals surface area contributed by atoms with Gasteiger partial charge in [0, 0.05) is 50.0 Å². The number of benzene rings is 1. The van der Waals surface area contributed by atoms with Gasteiger partial charge in [-0.1, -0.05) is 12.1 Å². The molecule has 0 atom stereocenters. The van der Waals surface area contributed by atoms with Crippen LogP contribution in [-0.2, 0) is 9.30 Å². The lowest BCUT2D eigenvalue weighted by atomic mass is 10.1. The molecule has 0 aliphatic carbocycles. The normalized spacial score (nSPS) is 23.4. The number of nitrogens with zero attached hydrogens (tertiary/aromatic N) is 1. The van der Waals surface area contributed by atoms with Gasteiger partial charge < -0.3 is 14.0 Å². The van der Waals surface area contributed by atoms with E-state index in [1.54, 1.807) is 7.11 Å². The molecule has 2 fully saturated rings. The van der Waals surface area contributed by atoms with Crippen molar-refractivity contribution in [1.29, 1.82) is 0 Å². The van der Waals surface area contributed by atoms with Crippen LogP contribution in [0.4, 0.5) is 0 Å². The van der Waals surface area contributed by atoms with E-state index in [-0.39, 0.29) is 0 Å². The van der Waals surface area contributed by atoms with Gasteiger partial charge in [0.1, 0.15) is 12.9 Å². The Kier molecular flexibility index (Phi) is 4.91. The van der Waals surface area contributed by atoms with Crippen molar-refractivity contribution in [2.45, 2.75) is 25.8 Å². The van der Waals surface area contributed by atoms with Gasteiger partial charge in [-0.2, -0.15) is 0 Å². The molecule has 0 bridgehead atoms. The van der Waals surface area contributed by atoms with Crippen LogP contribution in [-0.4, -0.2) is 56.7 Å². The molecule has 2 aliphatic rings. The molecule has 3 rings (SSSR count). The summed E-state index contributed by atoms with van der Waals surface area (Å²) in [5.74, 6) is 0.847. The van der Waals surface area contributed by atoms with Gasteiger partial charge in [-0.05, 0) is 31.4 Å². The highest BCUT2D eigenvalue weighted by Gasteiger charge is 2.33. The van der Waals surface area contributed by atoms with Crippen molar-refractivity contribution >= 4 is 12.4 Å². The fourth-order valence-corrected chi connectivity index (χ4v) is 6.14. The maximum atomic E-state index is 13.3. The molecule has 0 spiro atoms. The molecule has 5 heteroatoms. The summed E-state index contributed by atoms with van der Waals surface area (Å²) in [6.45, 7) is 5.64. The number of rotatable bonds is 3. The first-order valence-electron chi connectivity index (χ1n) is 8.17. The Labute approximate surface area is 133 Å². The molecule has 0 saturated carbocycles. The summed E-state index contributed by atoms with van der Waals surface area (Å²) in [4.78, 5) is 2.52. The van der Waals surface area contributed by atoms with E-state index in [9.17, 15) is 4.57 Å². The summed E-state index contributed by atoms with van der Waals surface area (Å²) in [5, 5.41) is 0.988. The Hall–Kier alpha value is -0.830. The summed E-state index contributed by atoms with van der Waals surface area (Å²) in [6, 6.07) is 6.66. The van der Waals surface area contributed by atoms with Crippen molar-refractivity contribution in [3.8, 4) is 5.75 Å². The van der Waals surface area contributed by atoms with Crippen LogP contribution >= 0.6 is 7.14 Å². The molecule has 122 valence electrons. The fraction of sp³-hybridized carbons (Fsp3) is 0.647. The van der Waals surface area contributed by atoms with Gasteiger partial charge in [0.05, 0.1) is 7.11 Å². The number of aryl methyl sites for hydroxylation is 1. The fourth-order valence-electron chi connectivity index (χ4n) is 3.54. The van der Waals surface area contributed by atoms with Crippen LogP contribution in [0.15, 0.2) is 18.2 Å². The smallest absolute Gasteiger partial charge is 0.122 e. The first kappa shape index (κ1) is 16.0. The van der Waals surface area contributed by atoms with E-state index in [1.807, 2.05) is 25.1 Å². The van der Waals surface area contributed by atoms with Crippen LogP contribution in [0.1, 0.15) is 18.4 Å². The molecule has 22 heavy (non-hydrogen) atoms. The highest BCUT2D eigenvalue weighted by atomic mass is 31.2. The van der Waals surface area contributed by atoms with Gasteiger partial charge in [0.2, 0.25) is 0 Å². The monoisotopic (exact) mass is 323 g/mol. The minimum Gasteiger partial charge on any atom is -0.496 e. The van der Waals surface area contributed by atoms with Crippen LogP contribution in [0.3, 0.4) is 0 Å². The Morgan fingerprint density at radius 3 is 2.55 bits per heavy atom. The molecule has 0 amide bonds. The van der Waals surface area contributed by atoms with Gasteiger partial charge in [0.25, 0.3) is 0 Å². The predicted octanol–water partition coefficient (Wildman–Crippen LogP) is 2.49. The Balaban J connectivity index is 1.69. The lowest BCUT2D eigenvalue weighted by Gasteiger charge is -2.39. The molecule has 1 aromatic rings. The third kappa shape index (κ3) is 3.24. The maximum absolute atomic E-state index is 13.3. The van der Waals surface area contributed by atoms with E-state index in [2.05, 4.69) is 4.90 Å². The second-order valence-corrected chi connectivity index (χ2v) is 9.56. The van der Waals surface area contributed by atoms with Crippen molar-refractivity contribution in [3.05, 3.63) is 23.8 Å². The average Bonchev–Trinajstić information content (AvgIpc) is 2.56. The molecule has 0 radical (unpaired) electrons. The molecule has 0 unspecified atom stereocenters. The van der Waals surface area contributed by atoms with Crippen molar-refractivity contribution in [3.63, 3.8) is 0 Å². The summed E-state index contributed by atoms with van der Waals surface area (Å²) in [5.41, 5.74) is 1.10. The van der Waals surface area contributed by atoms with E-state index < -0.39 is 7.14 Å². The molecular weight excluding hydrogens is 297 g/mol. The van der Waals surface area contributed by atoms with Crippen LogP contribution in [0.5, 0.6) is 5.75 Å². The topological polar surface area (TPSA) is 38.8 Å². The first-order chi connectivity index (χ1) is 10.6. The Morgan fingerprint density at radius 1 is 1.23 bits per heavy atom. The molecule has 2 heterocycles. The predicted molar refractivity (Wildman–Crippen MR) is 90.1 cm³/mol. The number of hydrogen-bond acceptors (Lipinski definition) is 4. The molecule has 2 saturated heterocycles. The van der Waals surface area contributed by atoms with E-state index >= 15 is 0 Å². The van der Waals surface area contributed by atoms with Gasteiger partial charge in [-0.25, -0.2) is 0 Å². The summed E-state index contributed by atoms with van der Waals surface area (Å²) in [6.07, 6.45) is 3.80. The third-order valence-electron chi connectivity index (χ3n) is 5.07. The number of ether oxygens (including phenoxy) is 2. The standard InChI is InChI=1S/C17H26NO3P/c1-14-3-4-16(13-17(14)20-2)22(19)11-7-18(8-12-22)15-5-9-21-10-6-15/h3-4,13,15H,5-12H2,1-2H3. The van der Waals surface area contributed by atoms with E-state index in [0.29, 0.717) is 6.04 Å². The van der Waals surface area contributed by atoms with Crippen molar-refractivity contribution in [2.75, 3.05) is 45.7 Å². The van der Waals surface area contributed by atoms with Crippen LogP contribution in [0, 0.1) is 6.92 Å². The van der Waals surface area contributed by atoms with Crippen molar-refractivity contribution in [2.24, 2.45) is 0 Å². The van der Waals surface area contributed by atoms with Gasteiger partial charge in [0.15, 0.2) is 0 Å². The SMILES string of the molecule is COc1cc(P2(=O)CCN(C3CCOCC3)CC2)ccc1C. The minimum absolute atomic E-state index is 0.620. The molecule has 2 aliphatic heterocycles. The first-order valence-corrected chi connectivity index (χ1v) is 10.3. The van der Waals surface area contributed by atoms with Gasteiger partial charge >= 0.3 is 0 Å². The van der Waals surface area contributed by atoms with Crippen LogP contribution in [0.25, 0.3) is 0 Å². The second kappa shape index (κ2) is 6.74. The van der Waals surface area contributed by atoms with Gasteiger partial charge in [-0.3, -0.25) is 4.90 Å². The second-order valence-electron chi connectivity index (χ2n) is 6.37. The van der Waals surface area contributed by atoms with Crippen molar-refractivity contribution in [1.82, 2.24) is 4.90 Å². The number of methoxy groups -OCH3 is 1. The Bertz CT molecular complexity index is 557. The molecular formula is C17H26NO3P. The third-order valence-corrected chi connectivity index (χ3v) is 8.13. The highest BCUT2D eigenvalue weighted by Crippen LogP contribution is 2.47. The molecule has 0 N–H and O–H groups in total. The quantitative estimate of drug-likeness (QED) is 0.801. The largest absolute Gasteiger partial charge is 0.496 e. The van der Waals surface area contributed by atoms with Gasteiger partial charge in [-0.15, -0.1) is 0 Å². The summed E-state index contributed by atoms with van der Waals surface area (Å²) < 4.78 is 24.2. The Morgan fingerprint density at radius 2 is 1.91 bits per heavy atom. The van der Waals surface area contributed by atoms with Crippen LogP contribution in [0.2, 0.25) is 0 Å². The summed E-state index contributed by atoms with van der Waals surface area (Å²) in [7, 11) is -0.591. The molecule has 1 aromatic carbocycles. The van der Waals surface area contributed by atoms with Crippen LogP contribution < -0.4 is 10.0 Å². The van der Waals surface area contributed by atoms with E-state index in [4.69, 9.17) is 9.47 Å². The average molecular weight is 323 g/mol. The zero-order valence-corrected chi connectivity index (χ0v) is 14.5. The zero-order chi connectivity index (χ0) is 15.6. The van der Waals surface area contributed by atoms with E-state index in [0.717, 1.165) is 68.1 Å². The summed E-state index contributed by atoms with van der Waals surface area (Å²) >= 11 is 0. The maximum Gasteiger partial charge on any atom is 0.122 e. The van der Waals surface area contributed by atoms with E-state index in [1.165, 1.54) is 0 Å². The minimum atomic E-state index is -2.27.